The Morgan fingerprint density at radius 1 is 0.590 bits per heavy atom. The lowest BCUT2D eigenvalue weighted by Gasteiger charge is -2.31. The number of para-hydroxylation sites is 4. The summed E-state index contributed by atoms with van der Waals surface area (Å²) in [6.45, 7) is 2.33. The Morgan fingerprint density at radius 2 is 1.18 bits per heavy atom. The second kappa shape index (κ2) is 8.34. The topological polar surface area (TPSA) is 26.3 Å². The Balaban J connectivity index is 1.21. The zero-order valence-electron chi connectivity index (χ0n) is 21.6. The molecule has 0 N–H and O–H groups in total. The lowest BCUT2D eigenvalue weighted by molar-refractivity contribution is 0.608. The van der Waals surface area contributed by atoms with E-state index < -0.39 is 0 Å². The Hall–Kier alpha value is -4.82. The molecule has 0 radical (unpaired) electrons. The van der Waals surface area contributed by atoms with E-state index in [2.05, 4.69) is 110 Å². The van der Waals surface area contributed by atoms with E-state index >= 15 is 0 Å². The Kier molecular flexibility index (Phi) is 4.75. The fourth-order valence-corrected chi connectivity index (χ4v) is 6.29. The minimum Gasteiger partial charge on any atom is -0.455 e. The van der Waals surface area contributed by atoms with Crippen LogP contribution in [0.15, 0.2) is 136 Å². The molecule has 5 aromatic carbocycles. The predicted molar refractivity (Wildman–Crippen MR) is 162 cm³/mol. The molecule has 0 amide bonds. The summed E-state index contributed by atoms with van der Waals surface area (Å²) in [5.41, 5.74) is 9.64. The van der Waals surface area contributed by atoms with Gasteiger partial charge in [-0.2, -0.15) is 0 Å². The van der Waals surface area contributed by atoms with E-state index in [4.69, 9.17) is 8.83 Å². The fourth-order valence-electron chi connectivity index (χ4n) is 6.29. The van der Waals surface area contributed by atoms with Gasteiger partial charge in [0.15, 0.2) is 0 Å². The molecule has 8 rings (SSSR count). The van der Waals surface area contributed by atoms with Crippen molar-refractivity contribution >= 4 is 49.5 Å². The van der Waals surface area contributed by atoms with Crippen molar-refractivity contribution in [2.45, 2.75) is 18.8 Å². The molecule has 0 saturated carbocycles. The molecule has 1 atom stereocenters. The third-order valence-electron chi connectivity index (χ3n) is 8.31. The van der Waals surface area contributed by atoms with Crippen LogP contribution in [0, 0.1) is 0 Å². The molecule has 2 heterocycles. The van der Waals surface area contributed by atoms with Gasteiger partial charge in [0.25, 0.3) is 0 Å². The van der Waals surface area contributed by atoms with Crippen LogP contribution in [0.2, 0.25) is 0 Å². The summed E-state index contributed by atoms with van der Waals surface area (Å²) < 4.78 is 12.7. The van der Waals surface area contributed by atoms with Crippen molar-refractivity contribution < 1.29 is 8.83 Å². The van der Waals surface area contributed by atoms with E-state index in [0.717, 1.165) is 50.5 Å². The smallest absolute Gasteiger partial charge is 0.143 e. The van der Waals surface area contributed by atoms with Crippen molar-refractivity contribution in [3.63, 3.8) is 0 Å². The van der Waals surface area contributed by atoms with Gasteiger partial charge in [0.2, 0.25) is 0 Å². The lowest BCUT2D eigenvalue weighted by Crippen LogP contribution is -2.21. The molecule has 1 aliphatic carbocycles. The van der Waals surface area contributed by atoms with E-state index in [1.807, 2.05) is 24.3 Å². The van der Waals surface area contributed by atoms with Crippen LogP contribution < -0.4 is 0 Å². The number of hydrogen-bond donors (Lipinski definition) is 0. The highest BCUT2D eigenvalue weighted by atomic mass is 16.3. The van der Waals surface area contributed by atoms with Gasteiger partial charge in [-0.1, -0.05) is 122 Å². The third kappa shape index (κ3) is 3.42. The molecule has 2 nitrogen and oxygen atoms in total. The van der Waals surface area contributed by atoms with Crippen LogP contribution in [0.25, 0.3) is 60.6 Å². The molecule has 2 aromatic heterocycles. The summed E-state index contributed by atoms with van der Waals surface area (Å²) in [4.78, 5) is 0. The quantitative estimate of drug-likeness (QED) is 0.240. The van der Waals surface area contributed by atoms with E-state index in [-0.39, 0.29) is 5.41 Å². The third-order valence-corrected chi connectivity index (χ3v) is 8.31. The van der Waals surface area contributed by atoms with Crippen LogP contribution in [0.3, 0.4) is 0 Å². The van der Waals surface area contributed by atoms with Crippen LogP contribution in [0.1, 0.15) is 24.5 Å². The Bertz CT molecular complexity index is 2120. The van der Waals surface area contributed by atoms with Crippen molar-refractivity contribution in [2.24, 2.45) is 0 Å². The van der Waals surface area contributed by atoms with Gasteiger partial charge in [0.05, 0.1) is 0 Å². The zero-order chi connectivity index (χ0) is 26.0. The molecule has 7 aromatic rings. The number of fused-ring (bicyclic) bond motifs is 6. The minimum absolute atomic E-state index is 0.157. The maximum Gasteiger partial charge on any atom is 0.143 e. The second-order valence-electron chi connectivity index (χ2n) is 10.8. The predicted octanol–water partition coefficient (Wildman–Crippen LogP) is 10.5. The van der Waals surface area contributed by atoms with Gasteiger partial charge in [-0.3, -0.25) is 0 Å². The van der Waals surface area contributed by atoms with Crippen molar-refractivity contribution in [1.29, 1.82) is 0 Å². The highest BCUT2D eigenvalue weighted by molar-refractivity contribution is 6.10. The number of hydrogen-bond acceptors (Lipinski definition) is 2. The standard InChI is InChI=1S/C37H26O2/c1-37(21-9-11-25(23-37)28-16-8-18-32-30-14-3-5-20-34(30)39-36(28)32)26-12-6-10-24(22-26)27-15-7-17-31-29-13-2-4-19-33(29)38-35(27)31/h2-22H,23H2,1H3. The first-order chi connectivity index (χ1) is 19.2. The molecule has 0 aliphatic heterocycles. The average Bonchev–Trinajstić information content (AvgIpc) is 3.56. The van der Waals surface area contributed by atoms with Gasteiger partial charge in [0.1, 0.15) is 22.3 Å². The lowest BCUT2D eigenvalue weighted by atomic mass is 9.73. The van der Waals surface area contributed by atoms with Crippen LogP contribution in [-0.2, 0) is 5.41 Å². The first-order valence-corrected chi connectivity index (χ1v) is 13.5. The summed E-state index contributed by atoms with van der Waals surface area (Å²) in [6, 6.07) is 38.4. The average molecular weight is 503 g/mol. The SMILES string of the molecule is CC1(c2cccc(-c3cccc4c3oc3ccccc34)c2)C=CC=C(c2cccc3c2oc2ccccc23)C1. The van der Waals surface area contributed by atoms with Gasteiger partial charge in [-0.15, -0.1) is 0 Å². The van der Waals surface area contributed by atoms with E-state index in [1.165, 1.54) is 27.6 Å². The van der Waals surface area contributed by atoms with Crippen LogP contribution in [0.4, 0.5) is 0 Å². The molecule has 0 saturated heterocycles. The van der Waals surface area contributed by atoms with Crippen LogP contribution in [0.5, 0.6) is 0 Å². The molecule has 39 heavy (non-hydrogen) atoms. The number of benzene rings is 5. The fraction of sp³-hybridized carbons (Fsp3) is 0.0811. The largest absolute Gasteiger partial charge is 0.455 e. The molecule has 186 valence electrons. The molecule has 1 aliphatic rings. The van der Waals surface area contributed by atoms with Gasteiger partial charge in [0, 0.05) is 38.1 Å². The number of allylic oxidation sites excluding steroid dienone is 4. The summed E-state index contributed by atoms with van der Waals surface area (Å²) in [5.74, 6) is 0. The minimum atomic E-state index is -0.157. The molecular weight excluding hydrogens is 476 g/mol. The molecule has 0 spiro atoms. The first kappa shape index (κ1) is 22.2. The molecular formula is C37H26O2. The monoisotopic (exact) mass is 502 g/mol. The molecule has 2 heteroatoms. The Labute approximate surface area is 226 Å². The van der Waals surface area contributed by atoms with Gasteiger partial charge in [-0.25, -0.2) is 0 Å². The maximum atomic E-state index is 6.38. The van der Waals surface area contributed by atoms with Crippen LogP contribution >= 0.6 is 0 Å². The van der Waals surface area contributed by atoms with Crippen molar-refractivity contribution in [1.82, 2.24) is 0 Å². The Morgan fingerprint density at radius 3 is 1.90 bits per heavy atom. The second-order valence-corrected chi connectivity index (χ2v) is 10.8. The number of furan rings is 2. The first-order valence-electron chi connectivity index (χ1n) is 13.5. The van der Waals surface area contributed by atoms with Crippen LogP contribution in [-0.4, -0.2) is 0 Å². The number of rotatable bonds is 3. The van der Waals surface area contributed by atoms with Crippen molar-refractivity contribution in [2.75, 3.05) is 0 Å². The highest BCUT2D eigenvalue weighted by Crippen LogP contribution is 2.43. The zero-order valence-corrected chi connectivity index (χ0v) is 21.6. The van der Waals surface area contributed by atoms with Crippen molar-refractivity contribution in [3.05, 3.63) is 139 Å². The molecule has 1 unspecified atom stereocenters. The summed E-state index contributed by atoms with van der Waals surface area (Å²) in [7, 11) is 0. The normalized spacial score (nSPS) is 17.4. The van der Waals surface area contributed by atoms with E-state index in [9.17, 15) is 0 Å². The maximum absolute atomic E-state index is 6.38. The summed E-state index contributed by atoms with van der Waals surface area (Å²) in [6.07, 6.45) is 7.66. The molecule has 0 fully saturated rings. The van der Waals surface area contributed by atoms with E-state index in [0.29, 0.717) is 0 Å². The van der Waals surface area contributed by atoms with Gasteiger partial charge in [-0.05, 0) is 35.3 Å². The molecule has 0 bridgehead atoms. The summed E-state index contributed by atoms with van der Waals surface area (Å²) >= 11 is 0. The van der Waals surface area contributed by atoms with E-state index in [1.54, 1.807) is 0 Å². The van der Waals surface area contributed by atoms with Crippen molar-refractivity contribution in [3.8, 4) is 11.1 Å². The van der Waals surface area contributed by atoms with Gasteiger partial charge >= 0.3 is 0 Å². The van der Waals surface area contributed by atoms with Gasteiger partial charge < -0.3 is 8.83 Å². The summed E-state index contributed by atoms with van der Waals surface area (Å²) in [5, 5.41) is 4.64. The highest BCUT2D eigenvalue weighted by Gasteiger charge is 2.29.